The molecule has 5 nitrogen and oxygen atoms in total. The zero-order valence-electron chi connectivity index (χ0n) is 11.1. The number of carbonyl (C=O) groups is 1. The van der Waals surface area contributed by atoms with Crippen molar-refractivity contribution in [1.29, 1.82) is 0 Å². The molecule has 1 N–H and O–H groups in total. The third-order valence-corrected chi connectivity index (χ3v) is 4.36. The van der Waals surface area contributed by atoms with E-state index in [1.807, 2.05) is 0 Å². The largest absolute Gasteiger partial charge is 0.481 e. The van der Waals surface area contributed by atoms with Gasteiger partial charge >= 0.3 is 5.97 Å². The maximum Gasteiger partial charge on any atom is 0.305 e. The molecule has 18 heavy (non-hydrogen) atoms. The summed E-state index contributed by atoms with van der Waals surface area (Å²) in [6.07, 6.45) is 4.29. The third-order valence-electron chi connectivity index (χ3n) is 4.36. The Morgan fingerprint density at radius 1 is 1.39 bits per heavy atom. The van der Waals surface area contributed by atoms with E-state index in [1.165, 1.54) is 0 Å². The predicted octanol–water partition coefficient (Wildman–Crippen LogP) is 1.12. The van der Waals surface area contributed by atoms with Crippen molar-refractivity contribution in [3.63, 3.8) is 0 Å². The molecule has 0 radical (unpaired) electrons. The molecule has 2 fully saturated rings. The van der Waals surface area contributed by atoms with Gasteiger partial charge in [-0.1, -0.05) is 0 Å². The predicted molar refractivity (Wildman–Crippen MR) is 66.6 cm³/mol. The summed E-state index contributed by atoms with van der Waals surface area (Å²) in [5.74, 6) is -0.697. The summed E-state index contributed by atoms with van der Waals surface area (Å²) in [7, 11) is 1.74. The monoisotopic (exact) mass is 257 g/mol. The molecule has 0 unspecified atom stereocenters. The van der Waals surface area contributed by atoms with Crippen LogP contribution in [0.25, 0.3) is 0 Å². The number of methoxy groups -OCH3 is 1. The summed E-state index contributed by atoms with van der Waals surface area (Å²) in [6.45, 7) is 3.14. The summed E-state index contributed by atoms with van der Waals surface area (Å²) in [4.78, 5) is 13.5. The second kappa shape index (κ2) is 5.99. The van der Waals surface area contributed by atoms with Gasteiger partial charge in [-0.15, -0.1) is 0 Å². The van der Waals surface area contributed by atoms with Gasteiger partial charge in [-0.3, -0.25) is 9.69 Å². The molecule has 1 aliphatic carbocycles. The highest BCUT2D eigenvalue weighted by Crippen LogP contribution is 2.37. The number of hydrogen-bond donors (Lipinski definition) is 1. The zero-order valence-corrected chi connectivity index (χ0v) is 11.1. The van der Waals surface area contributed by atoms with E-state index in [4.69, 9.17) is 9.47 Å². The molecule has 0 aromatic rings. The zero-order chi connectivity index (χ0) is 13.0. The average molecular weight is 257 g/mol. The van der Waals surface area contributed by atoms with Crippen LogP contribution in [0.15, 0.2) is 0 Å². The van der Waals surface area contributed by atoms with Gasteiger partial charge in [0.15, 0.2) is 0 Å². The average Bonchev–Trinajstić information content (AvgIpc) is 2.40. The van der Waals surface area contributed by atoms with Crippen LogP contribution in [0.2, 0.25) is 0 Å². The van der Waals surface area contributed by atoms with E-state index in [-0.39, 0.29) is 12.0 Å². The van der Waals surface area contributed by atoms with Gasteiger partial charge in [0.1, 0.15) is 0 Å². The molecule has 1 aliphatic heterocycles. The summed E-state index contributed by atoms with van der Waals surface area (Å²) >= 11 is 0. The molecular weight excluding hydrogens is 234 g/mol. The lowest BCUT2D eigenvalue weighted by molar-refractivity contribution is -0.144. The van der Waals surface area contributed by atoms with Gasteiger partial charge in [0.25, 0.3) is 0 Å². The molecule has 1 heterocycles. The van der Waals surface area contributed by atoms with Crippen molar-refractivity contribution >= 4 is 5.97 Å². The van der Waals surface area contributed by atoms with Gasteiger partial charge in [0, 0.05) is 25.7 Å². The molecule has 5 heteroatoms. The molecule has 0 atom stereocenters. The highest BCUT2D eigenvalue weighted by Gasteiger charge is 2.42. The Labute approximate surface area is 108 Å². The minimum absolute atomic E-state index is 0.176. The normalized spacial score (nSPS) is 34.4. The second-order valence-electron chi connectivity index (χ2n) is 5.33. The van der Waals surface area contributed by atoms with Gasteiger partial charge in [-0.25, -0.2) is 0 Å². The standard InChI is InChI=1S/C13H23NO4/c1-17-11-2-4-13(5-3-11,10-12(15)16)14-6-8-18-9-7-14/h11H,2-10H2,1H3,(H,15,16). The lowest BCUT2D eigenvalue weighted by Crippen LogP contribution is -2.56. The molecular formula is C13H23NO4. The summed E-state index contributed by atoms with van der Waals surface area (Å²) in [5.41, 5.74) is -0.176. The van der Waals surface area contributed by atoms with E-state index < -0.39 is 5.97 Å². The fourth-order valence-electron chi connectivity index (χ4n) is 3.29. The highest BCUT2D eigenvalue weighted by atomic mass is 16.5. The molecule has 0 bridgehead atoms. The topological polar surface area (TPSA) is 59.0 Å². The fraction of sp³-hybridized carbons (Fsp3) is 0.923. The lowest BCUT2D eigenvalue weighted by Gasteiger charge is -2.48. The van der Waals surface area contributed by atoms with E-state index in [9.17, 15) is 9.90 Å². The molecule has 2 rings (SSSR count). The van der Waals surface area contributed by atoms with Crippen molar-refractivity contribution in [1.82, 2.24) is 4.90 Å². The Morgan fingerprint density at radius 2 is 2.00 bits per heavy atom. The first-order valence-corrected chi connectivity index (χ1v) is 6.74. The Balaban J connectivity index is 2.05. The number of hydrogen-bond acceptors (Lipinski definition) is 4. The SMILES string of the molecule is COC1CCC(CC(=O)O)(N2CCOCC2)CC1. The summed E-state index contributed by atoms with van der Waals surface area (Å²) < 4.78 is 10.8. The maximum atomic E-state index is 11.2. The van der Waals surface area contributed by atoms with Crippen molar-refractivity contribution in [2.24, 2.45) is 0 Å². The van der Waals surface area contributed by atoms with Crippen molar-refractivity contribution in [3.8, 4) is 0 Å². The van der Waals surface area contributed by atoms with Crippen LogP contribution in [0.3, 0.4) is 0 Å². The third kappa shape index (κ3) is 3.02. The minimum Gasteiger partial charge on any atom is -0.481 e. The number of ether oxygens (including phenoxy) is 2. The van der Waals surface area contributed by atoms with Crippen LogP contribution in [0.4, 0.5) is 0 Å². The van der Waals surface area contributed by atoms with E-state index in [0.29, 0.717) is 6.10 Å². The van der Waals surface area contributed by atoms with Gasteiger partial charge < -0.3 is 14.6 Å². The smallest absolute Gasteiger partial charge is 0.305 e. The number of aliphatic carboxylic acids is 1. The van der Waals surface area contributed by atoms with Gasteiger partial charge in [-0.2, -0.15) is 0 Å². The fourth-order valence-corrected chi connectivity index (χ4v) is 3.29. The van der Waals surface area contributed by atoms with Crippen LogP contribution in [0, 0.1) is 0 Å². The van der Waals surface area contributed by atoms with Gasteiger partial charge in [-0.05, 0) is 25.7 Å². The van der Waals surface area contributed by atoms with Crippen molar-refractivity contribution in [3.05, 3.63) is 0 Å². The Hall–Kier alpha value is -0.650. The molecule has 104 valence electrons. The van der Waals surface area contributed by atoms with Crippen LogP contribution < -0.4 is 0 Å². The molecule has 1 saturated heterocycles. The van der Waals surface area contributed by atoms with Crippen molar-refractivity contribution < 1.29 is 19.4 Å². The molecule has 0 amide bonds. The molecule has 1 saturated carbocycles. The Bertz CT molecular complexity index is 281. The first-order chi connectivity index (χ1) is 8.66. The number of carboxylic acid groups (broad SMARTS) is 1. The van der Waals surface area contributed by atoms with Crippen LogP contribution in [-0.4, -0.2) is 61.0 Å². The van der Waals surface area contributed by atoms with E-state index in [1.54, 1.807) is 7.11 Å². The van der Waals surface area contributed by atoms with Gasteiger partial charge in [0.05, 0.1) is 25.7 Å². The quantitative estimate of drug-likeness (QED) is 0.818. The number of nitrogens with zero attached hydrogens (tertiary/aromatic N) is 1. The van der Waals surface area contributed by atoms with Crippen LogP contribution in [-0.2, 0) is 14.3 Å². The Morgan fingerprint density at radius 3 is 2.50 bits per heavy atom. The first-order valence-electron chi connectivity index (χ1n) is 6.74. The number of carboxylic acids is 1. The summed E-state index contributed by atoms with van der Waals surface area (Å²) in [6, 6.07) is 0. The maximum absolute atomic E-state index is 11.2. The van der Waals surface area contributed by atoms with Crippen LogP contribution in [0.1, 0.15) is 32.1 Å². The van der Waals surface area contributed by atoms with E-state index in [0.717, 1.165) is 52.0 Å². The Kier molecular flexibility index (Phi) is 4.59. The molecule has 2 aliphatic rings. The van der Waals surface area contributed by atoms with E-state index in [2.05, 4.69) is 4.90 Å². The van der Waals surface area contributed by atoms with Crippen LogP contribution in [0.5, 0.6) is 0 Å². The number of morpholine rings is 1. The van der Waals surface area contributed by atoms with Gasteiger partial charge in [0.2, 0.25) is 0 Å². The highest BCUT2D eigenvalue weighted by molar-refractivity contribution is 5.68. The van der Waals surface area contributed by atoms with Crippen LogP contribution >= 0.6 is 0 Å². The first kappa shape index (κ1) is 13.8. The molecule has 0 aromatic heterocycles. The molecule has 0 spiro atoms. The second-order valence-corrected chi connectivity index (χ2v) is 5.33. The lowest BCUT2D eigenvalue weighted by atomic mass is 9.76. The van der Waals surface area contributed by atoms with E-state index >= 15 is 0 Å². The summed E-state index contributed by atoms with van der Waals surface area (Å²) in [5, 5.41) is 9.20. The van der Waals surface area contributed by atoms with Crippen molar-refractivity contribution in [2.75, 3.05) is 33.4 Å². The molecule has 0 aromatic carbocycles. The minimum atomic E-state index is -0.697. The number of rotatable bonds is 4. The van der Waals surface area contributed by atoms with Crippen molar-refractivity contribution in [2.45, 2.75) is 43.7 Å².